The standard InChI is InChI=1S/C20H19F3N2O2S/c1-4-27-19(26)17-11-16(18(28-17)25-13(3)24)12(2)8-9-14-6-5-7-15(10-14)20(21,22)23/h5-11H,3-4,24H2,1-2H3/b9-8+,16-12+,25-18+. The highest BCUT2D eigenvalue weighted by molar-refractivity contribution is 8.18. The molecule has 0 aromatic heterocycles. The molecule has 1 aromatic carbocycles. The van der Waals surface area contributed by atoms with Crippen LogP contribution in [0.25, 0.3) is 6.08 Å². The van der Waals surface area contributed by atoms with E-state index in [2.05, 4.69) is 11.6 Å². The molecule has 8 heteroatoms. The smallest absolute Gasteiger partial charge is 0.416 e. The molecule has 1 heterocycles. The van der Waals surface area contributed by atoms with Gasteiger partial charge in [-0.25, -0.2) is 9.79 Å². The lowest BCUT2D eigenvalue weighted by Crippen LogP contribution is -2.04. The lowest BCUT2D eigenvalue weighted by Gasteiger charge is -2.07. The Morgan fingerprint density at radius 2 is 2.11 bits per heavy atom. The van der Waals surface area contributed by atoms with Crippen molar-refractivity contribution in [3.05, 3.63) is 76.0 Å². The molecule has 0 spiro atoms. The molecule has 0 unspecified atom stereocenters. The number of nitrogens with two attached hydrogens (primary N) is 1. The molecule has 0 amide bonds. The highest BCUT2D eigenvalue weighted by atomic mass is 32.2. The number of alkyl halides is 3. The first-order valence-electron chi connectivity index (χ1n) is 8.28. The monoisotopic (exact) mass is 408 g/mol. The average molecular weight is 408 g/mol. The van der Waals surface area contributed by atoms with E-state index in [-0.39, 0.29) is 12.4 Å². The van der Waals surface area contributed by atoms with Crippen molar-refractivity contribution < 1.29 is 22.7 Å². The van der Waals surface area contributed by atoms with E-state index in [0.717, 1.165) is 23.9 Å². The third-order valence-corrected chi connectivity index (χ3v) is 4.61. The minimum atomic E-state index is -4.40. The summed E-state index contributed by atoms with van der Waals surface area (Å²) in [5.41, 5.74) is 6.56. The van der Waals surface area contributed by atoms with Crippen LogP contribution < -0.4 is 5.73 Å². The van der Waals surface area contributed by atoms with Crippen LogP contribution in [0.2, 0.25) is 0 Å². The zero-order valence-electron chi connectivity index (χ0n) is 15.3. The van der Waals surface area contributed by atoms with Gasteiger partial charge in [0.15, 0.2) is 0 Å². The molecule has 0 atom stereocenters. The van der Waals surface area contributed by atoms with Gasteiger partial charge < -0.3 is 10.5 Å². The predicted molar refractivity (Wildman–Crippen MR) is 106 cm³/mol. The highest BCUT2D eigenvalue weighted by Crippen LogP contribution is 2.35. The zero-order chi connectivity index (χ0) is 20.9. The third kappa shape index (κ3) is 5.63. The molecule has 148 valence electrons. The van der Waals surface area contributed by atoms with E-state index in [9.17, 15) is 18.0 Å². The summed E-state index contributed by atoms with van der Waals surface area (Å²) in [7, 11) is 0. The van der Waals surface area contributed by atoms with Crippen LogP contribution in [0.15, 0.2) is 69.9 Å². The van der Waals surface area contributed by atoms with Crippen molar-refractivity contribution in [3.8, 4) is 0 Å². The van der Waals surface area contributed by atoms with Gasteiger partial charge in [-0.05, 0) is 43.2 Å². The van der Waals surface area contributed by atoms with Crippen LogP contribution in [-0.4, -0.2) is 17.6 Å². The molecule has 0 radical (unpaired) electrons. The first-order valence-corrected chi connectivity index (χ1v) is 9.09. The van der Waals surface area contributed by atoms with Crippen molar-refractivity contribution in [2.24, 2.45) is 10.7 Å². The Morgan fingerprint density at radius 1 is 1.39 bits per heavy atom. The Labute approximate surface area is 165 Å². The highest BCUT2D eigenvalue weighted by Gasteiger charge is 2.30. The van der Waals surface area contributed by atoms with E-state index < -0.39 is 17.7 Å². The number of allylic oxidation sites excluding steroid dienone is 3. The quantitative estimate of drug-likeness (QED) is 0.692. The fourth-order valence-electron chi connectivity index (χ4n) is 2.31. The maximum Gasteiger partial charge on any atom is 0.416 e. The molecule has 0 bridgehead atoms. The summed E-state index contributed by atoms with van der Waals surface area (Å²) in [6, 6.07) is 5.00. The number of hydrogen-bond donors (Lipinski definition) is 1. The number of benzene rings is 1. The third-order valence-electron chi connectivity index (χ3n) is 3.60. The summed E-state index contributed by atoms with van der Waals surface area (Å²) >= 11 is 1.11. The van der Waals surface area contributed by atoms with Gasteiger partial charge in [-0.15, -0.1) is 0 Å². The molecule has 2 N–H and O–H groups in total. The second-order valence-electron chi connectivity index (χ2n) is 5.79. The molecule has 0 saturated carbocycles. The maximum absolute atomic E-state index is 12.8. The Kier molecular flexibility index (Phi) is 6.90. The number of esters is 1. The van der Waals surface area contributed by atoms with Crippen molar-refractivity contribution in [1.29, 1.82) is 0 Å². The topological polar surface area (TPSA) is 64.7 Å². The number of thioether (sulfide) groups is 1. The summed E-state index contributed by atoms with van der Waals surface area (Å²) in [5.74, 6) is -0.402. The van der Waals surface area contributed by atoms with Crippen LogP contribution in [0.5, 0.6) is 0 Å². The molecule has 2 rings (SSSR count). The maximum atomic E-state index is 12.8. The van der Waals surface area contributed by atoms with E-state index in [4.69, 9.17) is 10.5 Å². The van der Waals surface area contributed by atoms with Crippen LogP contribution in [-0.2, 0) is 15.7 Å². The number of carbonyl (C=O) groups excluding carboxylic acids is 1. The van der Waals surface area contributed by atoms with Gasteiger partial charge in [0, 0.05) is 5.57 Å². The molecule has 4 nitrogen and oxygen atoms in total. The summed E-state index contributed by atoms with van der Waals surface area (Å²) in [6.45, 7) is 7.24. The fraction of sp³-hybridized carbons (Fsp3) is 0.200. The van der Waals surface area contributed by atoms with E-state index in [1.807, 2.05) is 0 Å². The van der Waals surface area contributed by atoms with Gasteiger partial charge in [-0.1, -0.05) is 42.6 Å². The number of aliphatic imine (C=N–C) groups is 1. The second kappa shape index (κ2) is 8.97. The predicted octanol–water partition coefficient (Wildman–Crippen LogP) is 5.06. The average Bonchev–Trinajstić information content (AvgIpc) is 3.02. The molecule has 1 aromatic rings. The Bertz CT molecular complexity index is 912. The molecular weight excluding hydrogens is 389 g/mol. The van der Waals surface area contributed by atoms with Gasteiger partial charge in [0.2, 0.25) is 0 Å². The zero-order valence-corrected chi connectivity index (χ0v) is 16.2. The minimum Gasteiger partial charge on any atom is -0.462 e. The van der Waals surface area contributed by atoms with Crippen LogP contribution in [0.1, 0.15) is 25.0 Å². The first kappa shape index (κ1) is 21.6. The van der Waals surface area contributed by atoms with Crippen molar-refractivity contribution >= 4 is 28.9 Å². The van der Waals surface area contributed by atoms with Crippen molar-refractivity contribution in [2.75, 3.05) is 6.61 Å². The molecule has 28 heavy (non-hydrogen) atoms. The number of nitrogens with zero attached hydrogens (tertiary/aromatic N) is 1. The lowest BCUT2D eigenvalue weighted by atomic mass is 10.1. The Balaban J connectivity index is 2.38. The minimum absolute atomic E-state index is 0.0770. The Morgan fingerprint density at radius 3 is 2.71 bits per heavy atom. The number of halogens is 3. The van der Waals surface area contributed by atoms with Gasteiger partial charge in [-0.3, -0.25) is 0 Å². The van der Waals surface area contributed by atoms with Crippen LogP contribution in [0, 0.1) is 0 Å². The largest absolute Gasteiger partial charge is 0.462 e. The molecular formula is C20H19F3N2O2S. The number of hydrogen-bond acceptors (Lipinski definition) is 5. The molecule has 0 saturated heterocycles. The van der Waals surface area contributed by atoms with E-state index in [1.165, 1.54) is 6.07 Å². The summed E-state index contributed by atoms with van der Waals surface area (Å²) < 4.78 is 43.5. The normalized spacial score (nSPS) is 17.8. The summed E-state index contributed by atoms with van der Waals surface area (Å²) in [5, 5.41) is 0.474. The second-order valence-corrected chi connectivity index (χ2v) is 6.82. The van der Waals surface area contributed by atoms with Crippen LogP contribution in [0.4, 0.5) is 13.2 Å². The van der Waals surface area contributed by atoms with E-state index in [1.54, 1.807) is 38.1 Å². The molecule has 1 aliphatic rings. The van der Waals surface area contributed by atoms with Crippen LogP contribution in [0.3, 0.4) is 0 Å². The van der Waals surface area contributed by atoms with Crippen LogP contribution >= 0.6 is 11.8 Å². The van der Waals surface area contributed by atoms with Gasteiger partial charge in [0.1, 0.15) is 10.9 Å². The number of ether oxygens (including phenoxy) is 1. The summed E-state index contributed by atoms with van der Waals surface area (Å²) in [4.78, 5) is 16.5. The fourth-order valence-corrected chi connectivity index (χ4v) is 3.33. The van der Waals surface area contributed by atoms with Crippen molar-refractivity contribution in [3.63, 3.8) is 0 Å². The number of carbonyl (C=O) groups is 1. The van der Waals surface area contributed by atoms with Gasteiger partial charge in [-0.2, -0.15) is 13.2 Å². The Hall–Kier alpha value is -2.74. The van der Waals surface area contributed by atoms with Gasteiger partial charge in [0.05, 0.1) is 17.1 Å². The van der Waals surface area contributed by atoms with E-state index in [0.29, 0.717) is 26.7 Å². The number of rotatable bonds is 5. The molecule has 0 aliphatic carbocycles. The van der Waals surface area contributed by atoms with Crippen molar-refractivity contribution in [1.82, 2.24) is 0 Å². The van der Waals surface area contributed by atoms with E-state index >= 15 is 0 Å². The SMILES string of the molecule is C=C(N)/N=C1/SC(C(=O)OCC)=C/C1=C(C)\C=C\c1cccc(C(F)(F)F)c1. The summed E-state index contributed by atoms with van der Waals surface area (Å²) in [6.07, 6.45) is 0.437. The van der Waals surface area contributed by atoms with Gasteiger partial charge in [0.25, 0.3) is 0 Å². The molecule has 1 aliphatic heterocycles. The van der Waals surface area contributed by atoms with Gasteiger partial charge >= 0.3 is 12.1 Å². The molecule has 0 fully saturated rings. The lowest BCUT2D eigenvalue weighted by molar-refractivity contribution is -0.138. The van der Waals surface area contributed by atoms with Crippen molar-refractivity contribution in [2.45, 2.75) is 20.0 Å². The first-order chi connectivity index (χ1) is 13.1.